The maximum absolute atomic E-state index is 12.7. The van der Waals surface area contributed by atoms with Crippen LogP contribution in [0.1, 0.15) is 37.6 Å². The van der Waals surface area contributed by atoms with Gasteiger partial charge in [-0.15, -0.1) is 11.3 Å². The van der Waals surface area contributed by atoms with E-state index in [1.165, 1.54) is 11.3 Å². The van der Waals surface area contributed by atoms with Gasteiger partial charge in [-0.1, -0.05) is 13.8 Å². The molecule has 0 spiro atoms. The minimum absolute atomic E-state index is 0.000967. The lowest BCUT2D eigenvalue weighted by Gasteiger charge is -2.23. The standard InChI is InChI=1S/C19H23N3O4S/c1-10(2)6-14(19(25)22-17-11(3)26-8-15(17)23)21-18(24)12-4-5-16-13(7-12)20-9-27-16/h4-5,7,9-11,14,17H,6,8H2,1-3H3,(H,21,24)(H,22,25)/t11-,14?,17+/m1/s1. The number of rotatable bonds is 6. The third kappa shape index (κ3) is 4.51. The number of aromatic nitrogens is 1. The van der Waals surface area contributed by atoms with E-state index in [4.69, 9.17) is 4.74 Å². The van der Waals surface area contributed by atoms with Gasteiger partial charge < -0.3 is 15.4 Å². The van der Waals surface area contributed by atoms with E-state index in [0.717, 1.165) is 10.2 Å². The van der Waals surface area contributed by atoms with Crippen LogP contribution in [0.3, 0.4) is 0 Å². The highest BCUT2D eigenvalue weighted by Crippen LogP contribution is 2.19. The molecule has 1 aromatic heterocycles. The highest BCUT2D eigenvalue weighted by Gasteiger charge is 2.35. The van der Waals surface area contributed by atoms with Crippen molar-refractivity contribution in [2.24, 2.45) is 5.92 Å². The van der Waals surface area contributed by atoms with Gasteiger partial charge in [0.1, 0.15) is 18.7 Å². The predicted molar refractivity (Wildman–Crippen MR) is 103 cm³/mol. The van der Waals surface area contributed by atoms with Gasteiger partial charge in [0.25, 0.3) is 5.91 Å². The molecule has 0 saturated carbocycles. The second-order valence-electron chi connectivity index (χ2n) is 7.16. The first-order valence-corrected chi connectivity index (χ1v) is 9.82. The molecule has 2 N–H and O–H groups in total. The third-order valence-corrected chi connectivity index (χ3v) is 5.33. The first-order chi connectivity index (χ1) is 12.8. The minimum Gasteiger partial charge on any atom is -0.368 e. The number of thiazole rings is 1. The molecule has 144 valence electrons. The highest BCUT2D eigenvalue weighted by molar-refractivity contribution is 7.16. The lowest BCUT2D eigenvalue weighted by atomic mass is 10.0. The SMILES string of the molecule is CC(C)CC(NC(=O)c1ccc2scnc2c1)C(=O)N[C@@H]1C(=O)CO[C@@H]1C. The fraction of sp³-hybridized carbons (Fsp3) is 0.474. The zero-order valence-corrected chi connectivity index (χ0v) is 16.3. The van der Waals surface area contributed by atoms with Gasteiger partial charge in [0.2, 0.25) is 5.91 Å². The highest BCUT2D eigenvalue weighted by atomic mass is 32.1. The summed E-state index contributed by atoms with van der Waals surface area (Å²) in [5.41, 5.74) is 2.92. The molecule has 1 unspecified atom stereocenters. The number of amides is 2. The maximum Gasteiger partial charge on any atom is 0.252 e. The average Bonchev–Trinajstić information content (AvgIpc) is 3.21. The molecule has 0 radical (unpaired) electrons. The van der Waals surface area contributed by atoms with Gasteiger partial charge in [-0.2, -0.15) is 0 Å². The molecule has 1 aromatic carbocycles. The van der Waals surface area contributed by atoms with Crippen LogP contribution < -0.4 is 10.6 Å². The monoisotopic (exact) mass is 389 g/mol. The molecule has 0 aliphatic carbocycles. The number of carbonyl (C=O) groups is 3. The molecule has 1 saturated heterocycles. The Balaban J connectivity index is 1.72. The van der Waals surface area contributed by atoms with Crippen LogP contribution in [-0.2, 0) is 14.3 Å². The Morgan fingerprint density at radius 2 is 2.15 bits per heavy atom. The normalized spacial score (nSPS) is 20.8. The van der Waals surface area contributed by atoms with Gasteiger partial charge >= 0.3 is 0 Å². The summed E-state index contributed by atoms with van der Waals surface area (Å²) in [5, 5.41) is 5.52. The van der Waals surface area contributed by atoms with Crippen molar-refractivity contribution < 1.29 is 19.1 Å². The van der Waals surface area contributed by atoms with Crippen molar-refractivity contribution in [3.05, 3.63) is 29.3 Å². The predicted octanol–water partition coefficient (Wildman–Crippen LogP) is 1.91. The molecule has 8 heteroatoms. The average molecular weight is 389 g/mol. The van der Waals surface area contributed by atoms with Crippen molar-refractivity contribution in [1.29, 1.82) is 0 Å². The molecule has 7 nitrogen and oxygen atoms in total. The molecule has 3 rings (SSSR count). The molecular formula is C19H23N3O4S. The first kappa shape index (κ1) is 19.4. The number of benzene rings is 1. The topological polar surface area (TPSA) is 97.4 Å². The molecule has 2 aromatic rings. The van der Waals surface area contributed by atoms with Crippen LogP contribution in [0.15, 0.2) is 23.7 Å². The quantitative estimate of drug-likeness (QED) is 0.787. The van der Waals surface area contributed by atoms with Crippen LogP contribution in [0.4, 0.5) is 0 Å². The van der Waals surface area contributed by atoms with Gasteiger partial charge in [0.15, 0.2) is 5.78 Å². The number of Topliss-reactive ketones (excluding diaryl/α,β-unsaturated/α-hetero) is 1. The second-order valence-corrected chi connectivity index (χ2v) is 8.05. The van der Waals surface area contributed by atoms with E-state index in [2.05, 4.69) is 15.6 Å². The van der Waals surface area contributed by atoms with E-state index >= 15 is 0 Å². The van der Waals surface area contributed by atoms with Gasteiger partial charge in [-0.3, -0.25) is 14.4 Å². The van der Waals surface area contributed by atoms with Crippen LogP contribution in [-0.4, -0.2) is 47.4 Å². The molecule has 2 amide bonds. The van der Waals surface area contributed by atoms with Crippen LogP contribution >= 0.6 is 11.3 Å². The Morgan fingerprint density at radius 1 is 1.37 bits per heavy atom. The summed E-state index contributed by atoms with van der Waals surface area (Å²) in [6.07, 6.45) is 0.0936. The molecule has 2 heterocycles. The number of hydrogen-bond acceptors (Lipinski definition) is 6. The Morgan fingerprint density at radius 3 is 2.81 bits per heavy atom. The first-order valence-electron chi connectivity index (χ1n) is 8.94. The second kappa shape index (κ2) is 8.14. The van der Waals surface area contributed by atoms with Crippen molar-refractivity contribution in [2.75, 3.05) is 6.61 Å². The van der Waals surface area contributed by atoms with Gasteiger partial charge in [-0.05, 0) is 37.5 Å². The van der Waals surface area contributed by atoms with Crippen LogP contribution in [0, 0.1) is 5.92 Å². The molecular weight excluding hydrogens is 366 g/mol. The van der Waals surface area contributed by atoms with Crippen molar-refractivity contribution in [1.82, 2.24) is 15.6 Å². The van der Waals surface area contributed by atoms with Crippen molar-refractivity contribution in [3.63, 3.8) is 0 Å². The number of ether oxygens (including phenoxy) is 1. The van der Waals surface area contributed by atoms with Gasteiger partial charge in [0.05, 0.1) is 21.8 Å². The van der Waals surface area contributed by atoms with Crippen LogP contribution in [0.25, 0.3) is 10.2 Å². The van der Waals surface area contributed by atoms with Crippen LogP contribution in [0.2, 0.25) is 0 Å². The lowest BCUT2D eigenvalue weighted by molar-refractivity contribution is -0.127. The maximum atomic E-state index is 12.7. The summed E-state index contributed by atoms with van der Waals surface area (Å²) in [7, 11) is 0. The number of hydrogen-bond donors (Lipinski definition) is 2. The summed E-state index contributed by atoms with van der Waals surface area (Å²) in [6.45, 7) is 5.69. The minimum atomic E-state index is -0.732. The molecule has 1 aliphatic heterocycles. The van der Waals surface area contributed by atoms with Crippen molar-refractivity contribution in [3.8, 4) is 0 Å². The molecule has 3 atom stereocenters. The summed E-state index contributed by atoms with van der Waals surface area (Å²) < 4.78 is 6.26. The number of carbonyl (C=O) groups excluding carboxylic acids is 3. The Bertz CT molecular complexity index is 864. The third-order valence-electron chi connectivity index (χ3n) is 4.52. The Hall–Kier alpha value is -2.32. The van der Waals surface area contributed by atoms with Crippen molar-refractivity contribution >= 4 is 39.2 Å². The van der Waals surface area contributed by atoms with E-state index in [0.29, 0.717) is 12.0 Å². The molecule has 1 fully saturated rings. The van der Waals surface area contributed by atoms with Crippen LogP contribution in [0.5, 0.6) is 0 Å². The summed E-state index contributed by atoms with van der Waals surface area (Å²) >= 11 is 1.50. The largest absolute Gasteiger partial charge is 0.368 e. The smallest absolute Gasteiger partial charge is 0.252 e. The lowest BCUT2D eigenvalue weighted by Crippen LogP contribution is -2.53. The molecule has 1 aliphatic rings. The fourth-order valence-electron chi connectivity index (χ4n) is 3.06. The summed E-state index contributed by atoms with van der Waals surface area (Å²) in [4.78, 5) is 41.5. The van der Waals surface area contributed by atoms with Crippen molar-refractivity contribution in [2.45, 2.75) is 45.4 Å². The summed E-state index contributed by atoms with van der Waals surface area (Å²) in [6, 6.07) is 3.87. The van der Waals surface area contributed by atoms with E-state index in [-0.39, 0.29) is 36.2 Å². The van der Waals surface area contributed by atoms with E-state index < -0.39 is 12.1 Å². The number of ketones is 1. The fourth-order valence-corrected chi connectivity index (χ4v) is 3.72. The molecule has 27 heavy (non-hydrogen) atoms. The zero-order valence-electron chi connectivity index (χ0n) is 15.5. The van der Waals surface area contributed by atoms with E-state index in [1.807, 2.05) is 19.9 Å². The van der Waals surface area contributed by atoms with E-state index in [1.54, 1.807) is 24.6 Å². The van der Waals surface area contributed by atoms with E-state index in [9.17, 15) is 14.4 Å². The number of fused-ring (bicyclic) bond motifs is 1. The number of nitrogens with zero attached hydrogens (tertiary/aromatic N) is 1. The Kier molecular flexibility index (Phi) is 5.86. The van der Waals surface area contributed by atoms with Gasteiger partial charge in [-0.25, -0.2) is 4.98 Å². The summed E-state index contributed by atoms with van der Waals surface area (Å²) in [5.74, 6) is -0.676. The number of nitrogens with one attached hydrogen (secondary N) is 2. The zero-order chi connectivity index (χ0) is 19.6. The molecule has 0 bridgehead atoms. The Labute approximate surface area is 161 Å². The van der Waals surface area contributed by atoms with Gasteiger partial charge in [0, 0.05) is 5.56 Å².